The number of rotatable bonds is 7. The Kier molecular flexibility index (Phi) is 6.28. The van der Waals surface area contributed by atoms with Gasteiger partial charge >= 0.3 is 0 Å². The second kappa shape index (κ2) is 8.25. The van der Waals surface area contributed by atoms with Crippen molar-refractivity contribution >= 4 is 27.4 Å². The van der Waals surface area contributed by atoms with E-state index in [0.717, 1.165) is 0 Å². The summed E-state index contributed by atoms with van der Waals surface area (Å²) in [7, 11) is -3.68. The summed E-state index contributed by atoms with van der Waals surface area (Å²) in [4.78, 5) is 23.9. The van der Waals surface area contributed by atoms with Crippen LogP contribution in [0.2, 0.25) is 0 Å². The van der Waals surface area contributed by atoms with E-state index < -0.39 is 15.9 Å². The highest BCUT2D eigenvalue weighted by Gasteiger charge is 2.16. The molecule has 7 heteroatoms. The van der Waals surface area contributed by atoms with Gasteiger partial charge in [-0.25, -0.2) is 13.1 Å². The highest BCUT2D eigenvalue weighted by Crippen LogP contribution is 2.16. The minimum absolute atomic E-state index is 0.0308. The van der Waals surface area contributed by atoms with E-state index in [2.05, 4.69) is 10.0 Å². The SMILES string of the molecule is CC(=O)c1cccc(NC(=O)c2cccc(S(=O)(=O)NCC(C)C)c2)c1. The molecule has 0 bridgehead atoms. The van der Waals surface area contributed by atoms with Gasteiger partial charge in [0, 0.05) is 23.4 Å². The highest BCUT2D eigenvalue weighted by molar-refractivity contribution is 7.89. The van der Waals surface area contributed by atoms with Crippen molar-refractivity contribution in [2.24, 2.45) is 5.92 Å². The Morgan fingerprint density at radius 3 is 2.31 bits per heavy atom. The van der Waals surface area contributed by atoms with E-state index in [1.807, 2.05) is 13.8 Å². The smallest absolute Gasteiger partial charge is 0.255 e. The van der Waals surface area contributed by atoms with Crippen molar-refractivity contribution in [3.63, 3.8) is 0 Å². The molecular formula is C19H22N2O4S. The standard InChI is InChI=1S/C19H22N2O4S/c1-13(2)12-20-26(24,25)18-9-5-7-16(11-18)19(23)21-17-8-4-6-15(10-17)14(3)22/h4-11,13,20H,12H2,1-3H3,(H,21,23). The lowest BCUT2D eigenvalue weighted by Crippen LogP contribution is -2.27. The van der Waals surface area contributed by atoms with E-state index in [9.17, 15) is 18.0 Å². The molecule has 0 unspecified atom stereocenters. The van der Waals surface area contributed by atoms with Gasteiger partial charge in [-0.15, -0.1) is 0 Å². The number of benzene rings is 2. The van der Waals surface area contributed by atoms with Crippen LogP contribution in [0.15, 0.2) is 53.4 Å². The molecule has 0 saturated heterocycles. The molecule has 0 spiro atoms. The fourth-order valence-electron chi connectivity index (χ4n) is 2.18. The number of ketones is 1. The molecule has 0 fully saturated rings. The average molecular weight is 374 g/mol. The van der Waals surface area contributed by atoms with Crippen LogP contribution in [-0.4, -0.2) is 26.7 Å². The van der Waals surface area contributed by atoms with E-state index in [1.54, 1.807) is 24.3 Å². The predicted octanol–water partition coefficient (Wildman–Crippen LogP) is 3.08. The molecule has 2 rings (SSSR count). The molecule has 0 atom stereocenters. The van der Waals surface area contributed by atoms with Crippen molar-refractivity contribution in [1.82, 2.24) is 4.72 Å². The number of Topliss-reactive ketones (excluding diaryl/α,β-unsaturated/α-hetero) is 1. The summed E-state index contributed by atoms with van der Waals surface area (Å²) in [6.45, 7) is 5.57. The molecule has 0 saturated carbocycles. The van der Waals surface area contributed by atoms with Crippen molar-refractivity contribution in [3.8, 4) is 0 Å². The molecule has 1 amide bonds. The number of sulfonamides is 1. The first kappa shape index (κ1) is 19.8. The maximum Gasteiger partial charge on any atom is 0.255 e. The fourth-order valence-corrected chi connectivity index (χ4v) is 3.44. The summed E-state index contributed by atoms with van der Waals surface area (Å²) in [6.07, 6.45) is 0. The minimum Gasteiger partial charge on any atom is -0.322 e. The van der Waals surface area contributed by atoms with Gasteiger partial charge in [-0.3, -0.25) is 9.59 Å². The number of hydrogen-bond donors (Lipinski definition) is 2. The Bertz CT molecular complexity index is 921. The lowest BCUT2D eigenvalue weighted by Gasteiger charge is -2.10. The van der Waals surface area contributed by atoms with Gasteiger partial charge in [0.05, 0.1) is 4.90 Å². The quantitative estimate of drug-likeness (QED) is 0.729. The first-order chi connectivity index (χ1) is 12.2. The summed E-state index contributed by atoms with van der Waals surface area (Å²) in [5.41, 5.74) is 1.16. The van der Waals surface area contributed by atoms with Gasteiger partial charge in [0.15, 0.2) is 5.78 Å². The maximum atomic E-state index is 12.4. The molecule has 0 aromatic heterocycles. The first-order valence-electron chi connectivity index (χ1n) is 8.21. The van der Waals surface area contributed by atoms with E-state index in [-0.39, 0.29) is 22.2 Å². The largest absolute Gasteiger partial charge is 0.322 e. The summed E-state index contributed by atoms with van der Waals surface area (Å²) in [6, 6.07) is 12.4. The van der Waals surface area contributed by atoms with Crippen LogP contribution in [-0.2, 0) is 10.0 Å². The molecule has 0 heterocycles. The molecule has 26 heavy (non-hydrogen) atoms. The molecule has 138 valence electrons. The molecule has 0 aliphatic carbocycles. The third-order valence-electron chi connectivity index (χ3n) is 3.62. The van der Waals surface area contributed by atoms with Gasteiger partial charge in [0.25, 0.3) is 5.91 Å². The topological polar surface area (TPSA) is 92.3 Å². The summed E-state index contributed by atoms with van der Waals surface area (Å²) in [5.74, 6) is -0.387. The van der Waals surface area contributed by atoms with Crippen LogP contribution in [0.3, 0.4) is 0 Å². The Labute approximate surface area is 153 Å². The number of anilines is 1. The normalized spacial score (nSPS) is 11.4. The van der Waals surface area contributed by atoms with Gasteiger partial charge in [-0.05, 0) is 43.2 Å². The zero-order valence-electron chi connectivity index (χ0n) is 14.9. The van der Waals surface area contributed by atoms with Crippen molar-refractivity contribution in [1.29, 1.82) is 0 Å². The molecular weight excluding hydrogens is 352 g/mol. The van der Waals surface area contributed by atoms with Crippen LogP contribution in [0.4, 0.5) is 5.69 Å². The zero-order valence-corrected chi connectivity index (χ0v) is 15.8. The van der Waals surface area contributed by atoms with Gasteiger partial charge < -0.3 is 5.32 Å². The predicted molar refractivity (Wildman–Crippen MR) is 101 cm³/mol. The lowest BCUT2D eigenvalue weighted by atomic mass is 10.1. The number of nitrogens with one attached hydrogen (secondary N) is 2. The highest BCUT2D eigenvalue weighted by atomic mass is 32.2. The maximum absolute atomic E-state index is 12.4. The van der Waals surface area contributed by atoms with E-state index in [0.29, 0.717) is 17.8 Å². The molecule has 2 aromatic rings. The van der Waals surface area contributed by atoms with Crippen LogP contribution in [0.5, 0.6) is 0 Å². The van der Waals surface area contributed by atoms with Gasteiger partial charge in [-0.2, -0.15) is 0 Å². The Morgan fingerprint density at radius 2 is 1.65 bits per heavy atom. The second-order valence-corrected chi connectivity index (χ2v) is 8.13. The molecule has 0 radical (unpaired) electrons. The number of carbonyl (C=O) groups is 2. The zero-order chi connectivity index (χ0) is 19.3. The first-order valence-corrected chi connectivity index (χ1v) is 9.69. The van der Waals surface area contributed by atoms with Crippen molar-refractivity contribution in [2.75, 3.05) is 11.9 Å². The Hall–Kier alpha value is -2.51. The molecule has 6 nitrogen and oxygen atoms in total. The van der Waals surface area contributed by atoms with Crippen molar-refractivity contribution in [2.45, 2.75) is 25.7 Å². The summed E-state index contributed by atoms with van der Waals surface area (Å²) < 4.78 is 27.1. The fraction of sp³-hybridized carbons (Fsp3) is 0.263. The van der Waals surface area contributed by atoms with Crippen LogP contribution < -0.4 is 10.0 Å². The van der Waals surface area contributed by atoms with Gasteiger partial charge in [0.2, 0.25) is 10.0 Å². The van der Waals surface area contributed by atoms with E-state index in [4.69, 9.17) is 0 Å². The third kappa shape index (κ3) is 5.24. The Balaban J connectivity index is 2.20. The van der Waals surface area contributed by atoms with Crippen LogP contribution in [0.1, 0.15) is 41.5 Å². The van der Waals surface area contributed by atoms with Crippen molar-refractivity contribution < 1.29 is 18.0 Å². The summed E-state index contributed by atoms with van der Waals surface area (Å²) >= 11 is 0. The average Bonchev–Trinajstić information content (AvgIpc) is 2.60. The second-order valence-electron chi connectivity index (χ2n) is 6.36. The molecule has 2 aromatic carbocycles. The van der Waals surface area contributed by atoms with Crippen molar-refractivity contribution in [3.05, 3.63) is 59.7 Å². The minimum atomic E-state index is -3.68. The lowest BCUT2D eigenvalue weighted by molar-refractivity contribution is 0.101. The molecule has 2 N–H and O–H groups in total. The molecule has 0 aliphatic rings. The number of hydrogen-bond acceptors (Lipinski definition) is 4. The monoisotopic (exact) mass is 374 g/mol. The van der Waals surface area contributed by atoms with Gasteiger partial charge in [0.1, 0.15) is 0 Å². The third-order valence-corrected chi connectivity index (χ3v) is 5.04. The number of amides is 1. The van der Waals surface area contributed by atoms with Crippen LogP contribution in [0, 0.1) is 5.92 Å². The molecule has 0 aliphatic heterocycles. The van der Waals surface area contributed by atoms with E-state index in [1.165, 1.54) is 31.2 Å². The Morgan fingerprint density at radius 1 is 1.00 bits per heavy atom. The van der Waals surface area contributed by atoms with Crippen LogP contribution >= 0.6 is 0 Å². The van der Waals surface area contributed by atoms with Crippen LogP contribution in [0.25, 0.3) is 0 Å². The number of carbonyl (C=O) groups excluding carboxylic acids is 2. The summed E-state index contributed by atoms with van der Waals surface area (Å²) in [5, 5.41) is 2.68. The van der Waals surface area contributed by atoms with E-state index >= 15 is 0 Å². The van der Waals surface area contributed by atoms with Gasteiger partial charge in [-0.1, -0.05) is 32.0 Å².